The molecule has 0 amide bonds. The normalized spacial score (nSPS) is 28.4. The number of rotatable bonds is 3. The number of fused-ring (bicyclic) bond motifs is 2. The van der Waals surface area contributed by atoms with Crippen molar-refractivity contribution in [2.75, 3.05) is 25.0 Å². The molecule has 2 N–H and O–H groups in total. The van der Waals surface area contributed by atoms with Gasteiger partial charge in [0, 0.05) is 36.9 Å². The van der Waals surface area contributed by atoms with E-state index in [0.29, 0.717) is 6.04 Å². The molecule has 2 heterocycles. The minimum absolute atomic E-state index is 0.157. The molecule has 3 heteroatoms. The highest BCUT2D eigenvalue weighted by atomic mass is 15.3. The molecule has 0 saturated carbocycles. The lowest BCUT2D eigenvalue weighted by atomic mass is 10.0. The monoisotopic (exact) mass is 273 g/mol. The summed E-state index contributed by atoms with van der Waals surface area (Å²) in [5.74, 6) is 0. The van der Waals surface area contributed by atoms with Gasteiger partial charge in [-0.1, -0.05) is 25.1 Å². The highest BCUT2D eigenvalue weighted by molar-refractivity contribution is 5.55. The zero-order valence-corrected chi connectivity index (χ0v) is 12.8. The van der Waals surface area contributed by atoms with Crippen molar-refractivity contribution in [3.63, 3.8) is 0 Å². The topological polar surface area (TPSA) is 32.5 Å². The maximum Gasteiger partial charge on any atom is 0.0415 e. The molecule has 0 aromatic heterocycles. The summed E-state index contributed by atoms with van der Waals surface area (Å²) in [6.07, 6.45) is 5.00. The lowest BCUT2D eigenvalue weighted by Gasteiger charge is -2.30. The lowest BCUT2D eigenvalue weighted by molar-refractivity contribution is 0.254. The van der Waals surface area contributed by atoms with Gasteiger partial charge in [0.1, 0.15) is 0 Å². The van der Waals surface area contributed by atoms with Crippen LogP contribution in [0.1, 0.15) is 44.2 Å². The molecule has 2 aliphatic rings. The van der Waals surface area contributed by atoms with E-state index < -0.39 is 0 Å². The van der Waals surface area contributed by atoms with Gasteiger partial charge in [-0.25, -0.2) is 0 Å². The third-order valence-corrected chi connectivity index (χ3v) is 5.27. The van der Waals surface area contributed by atoms with Crippen molar-refractivity contribution < 1.29 is 0 Å². The van der Waals surface area contributed by atoms with E-state index in [9.17, 15) is 0 Å². The first kappa shape index (κ1) is 13.9. The molecule has 20 heavy (non-hydrogen) atoms. The van der Waals surface area contributed by atoms with Crippen LogP contribution in [0, 0.1) is 0 Å². The molecule has 3 atom stereocenters. The molecule has 0 radical (unpaired) electrons. The summed E-state index contributed by atoms with van der Waals surface area (Å²) in [7, 11) is 2.30. The molecule has 1 aromatic carbocycles. The van der Waals surface area contributed by atoms with E-state index >= 15 is 0 Å². The second kappa shape index (κ2) is 5.74. The average molecular weight is 273 g/mol. The number of anilines is 1. The van der Waals surface area contributed by atoms with Crippen molar-refractivity contribution in [2.24, 2.45) is 5.73 Å². The van der Waals surface area contributed by atoms with Crippen LogP contribution in [-0.2, 0) is 0 Å². The van der Waals surface area contributed by atoms with Crippen molar-refractivity contribution in [1.82, 2.24) is 4.90 Å². The quantitative estimate of drug-likeness (QED) is 0.919. The summed E-state index contributed by atoms with van der Waals surface area (Å²) in [6.45, 7) is 4.49. The molecular formula is C17H27N3. The van der Waals surface area contributed by atoms with Gasteiger partial charge in [0.15, 0.2) is 0 Å². The van der Waals surface area contributed by atoms with E-state index in [4.69, 9.17) is 5.73 Å². The first-order valence-corrected chi connectivity index (χ1v) is 8.02. The van der Waals surface area contributed by atoms with Crippen LogP contribution in [0.25, 0.3) is 0 Å². The maximum absolute atomic E-state index is 6.31. The minimum Gasteiger partial charge on any atom is -0.370 e. The van der Waals surface area contributed by atoms with Gasteiger partial charge in [-0.2, -0.15) is 0 Å². The second-order valence-corrected chi connectivity index (χ2v) is 6.36. The summed E-state index contributed by atoms with van der Waals surface area (Å²) >= 11 is 0. The Hall–Kier alpha value is -1.06. The van der Waals surface area contributed by atoms with Gasteiger partial charge in [-0.05, 0) is 44.4 Å². The van der Waals surface area contributed by atoms with Crippen LogP contribution in [0.4, 0.5) is 5.69 Å². The fraction of sp³-hybridized carbons (Fsp3) is 0.647. The first-order chi connectivity index (χ1) is 9.70. The molecule has 0 aliphatic carbocycles. The zero-order chi connectivity index (χ0) is 14.1. The van der Waals surface area contributed by atoms with Crippen molar-refractivity contribution in [2.45, 2.75) is 50.7 Å². The van der Waals surface area contributed by atoms with Gasteiger partial charge in [-0.3, -0.25) is 4.90 Å². The lowest BCUT2D eigenvalue weighted by Crippen LogP contribution is -2.37. The predicted octanol–water partition coefficient (Wildman–Crippen LogP) is 2.77. The van der Waals surface area contributed by atoms with Gasteiger partial charge in [-0.15, -0.1) is 0 Å². The van der Waals surface area contributed by atoms with Crippen molar-refractivity contribution >= 4 is 5.69 Å². The molecule has 1 aromatic rings. The fourth-order valence-corrected chi connectivity index (χ4v) is 3.84. The summed E-state index contributed by atoms with van der Waals surface area (Å²) in [5, 5.41) is 0. The second-order valence-electron chi connectivity index (χ2n) is 6.36. The Labute approximate surface area is 122 Å². The summed E-state index contributed by atoms with van der Waals surface area (Å²) in [5.41, 5.74) is 8.99. The number of benzene rings is 1. The zero-order valence-electron chi connectivity index (χ0n) is 12.8. The van der Waals surface area contributed by atoms with Crippen LogP contribution < -0.4 is 10.6 Å². The number of likely N-dealkylation sites (N-methyl/N-ethyl adjacent to an activating group) is 1. The fourth-order valence-electron chi connectivity index (χ4n) is 3.84. The molecular weight excluding hydrogens is 246 g/mol. The molecule has 3 unspecified atom stereocenters. The molecule has 2 saturated heterocycles. The SMILES string of the molecule is CCC(N)c1ccccc1N1CCC2CCC(C1)N2C. The highest BCUT2D eigenvalue weighted by Gasteiger charge is 2.35. The number of nitrogens with zero attached hydrogens (tertiary/aromatic N) is 2. The van der Waals surface area contributed by atoms with Crippen LogP contribution in [0.15, 0.2) is 24.3 Å². The standard InChI is InChI=1S/C17H27N3/c1-3-16(18)15-6-4-5-7-17(15)20-11-10-13-8-9-14(12-20)19(13)2/h4-7,13-14,16H,3,8-12,18H2,1-2H3. The Morgan fingerprint density at radius 3 is 2.75 bits per heavy atom. The van der Waals surface area contributed by atoms with Crippen LogP contribution >= 0.6 is 0 Å². The molecule has 2 fully saturated rings. The smallest absolute Gasteiger partial charge is 0.0415 e. The van der Waals surface area contributed by atoms with Gasteiger partial charge < -0.3 is 10.6 Å². The van der Waals surface area contributed by atoms with Crippen molar-refractivity contribution in [3.05, 3.63) is 29.8 Å². The molecule has 0 spiro atoms. The highest BCUT2D eigenvalue weighted by Crippen LogP contribution is 2.33. The summed E-state index contributed by atoms with van der Waals surface area (Å²) in [6, 6.07) is 10.4. The van der Waals surface area contributed by atoms with Gasteiger partial charge in [0.2, 0.25) is 0 Å². The van der Waals surface area contributed by atoms with E-state index in [0.717, 1.165) is 19.0 Å². The van der Waals surface area contributed by atoms with Gasteiger partial charge in [0.05, 0.1) is 0 Å². The number of nitrogens with two attached hydrogens (primary N) is 1. The molecule has 3 nitrogen and oxygen atoms in total. The maximum atomic E-state index is 6.31. The summed E-state index contributed by atoms with van der Waals surface area (Å²) < 4.78 is 0. The molecule has 2 bridgehead atoms. The van der Waals surface area contributed by atoms with Crippen LogP contribution in [0.3, 0.4) is 0 Å². The molecule has 2 aliphatic heterocycles. The first-order valence-electron chi connectivity index (χ1n) is 8.02. The van der Waals surface area contributed by atoms with Crippen molar-refractivity contribution in [3.8, 4) is 0 Å². The summed E-state index contributed by atoms with van der Waals surface area (Å²) in [4.78, 5) is 5.17. The third kappa shape index (κ3) is 2.45. The van der Waals surface area contributed by atoms with Crippen LogP contribution in [0.2, 0.25) is 0 Å². The van der Waals surface area contributed by atoms with Gasteiger partial charge >= 0.3 is 0 Å². The van der Waals surface area contributed by atoms with E-state index in [1.165, 1.54) is 37.1 Å². The Morgan fingerprint density at radius 1 is 1.20 bits per heavy atom. The largest absolute Gasteiger partial charge is 0.370 e. The Balaban J connectivity index is 1.86. The minimum atomic E-state index is 0.157. The van der Waals surface area contributed by atoms with E-state index in [1.54, 1.807) is 0 Å². The Morgan fingerprint density at radius 2 is 1.95 bits per heavy atom. The number of para-hydroxylation sites is 1. The van der Waals surface area contributed by atoms with E-state index in [1.807, 2.05) is 0 Å². The predicted molar refractivity (Wildman–Crippen MR) is 85.1 cm³/mol. The number of hydrogen-bond acceptors (Lipinski definition) is 3. The Bertz CT molecular complexity index is 459. The molecule has 110 valence electrons. The van der Waals surface area contributed by atoms with Crippen LogP contribution in [0.5, 0.6) is 0 Å². The average Bonchev–Trinajstić information content (AvgIpc) is 2.71. The number of hydrogen-bond donors (Lipinski definition) is 1. The van der Waals surface area contributed by atoms with E-state index in [-0.39, 0.29) is 6.04 Å². The molecule has 3 rings (SSSR count). The van der Waals surface area contributed by atoms with E-state index in [2.05, 4.69) is 48.0 Å². The van der Waals surface area contributed by atoms with Crippen LogP contribution in [-0.4, -0.2) is 37.1 Å². The van der Waals surface area contributed by atoms with Gasteiger partial charge in [0.25, 0.3) is 0 Å². The van der Waals surface area contributed by atoms with Crippen molar-refractivity contribution in [1.29, 1.82) is 0 Å². The third-order valence-electron chi connectivity index (χ3n) is 5.27. The Kier molecular flexibility index (Phi) is 3.99.